The molecule has 0 fully saturated rings. The van der Waals surface area contributed by atoms with Crippen LogP contribution in [0.15, 0.2) is 113 Å². The van der Waals surface area contributed by atoms with Crippen molar-refractivity contribution in [1.29, 1.82) is 0 Å². The van der Waals surface area contributed by atoms with Gasteiger partial charge in [-0.25, -0.2) is 19.9 Å². The molecule has 0 aliphatic heterocycles. The molecule has 0 saturated heterocycles. The SMILES string of the molecule is COc1ccc(CNc2cc(=O)n(O)c3nc(C)ncc23)cc1.COc1ccc(CNc2cc(=O)n(OCc3ccccc3)c3nc(C)ncc23)cc1. The number of aryl methyl sites for hydroxylation is 2. The summed E-state index contributed by atoms with van der Waals surface area (Å²) in [6, 6.07) is 27.9. The summed E-state index contributed by atoms with van der Waals surface area (Å²) in [4.78, 5) is 47.5. The summed E-state index contributed by atoms with van der Waals surface area (Å²) in [6.45, 7) is 4.80. The monoisotopic (exact) mass is 714 g/mol. The Morgan fingerprint density at radius 3 is 1.66 bits per heavy atom. The fourth-order valence-electron chi connectivity index (χ4n) is 5.36. The van der Waals surface area contributed by atoms with Crippen molar-refractivity contribution in [2.45, 2.75) is 33.5 Å². The van der Waals surface area contributed by atoms with Gasteiger partial charge in [0, 0.05) is 37.6 Å². The van der Waals surface area contributed by atoms with Crippen LogP contribution in [0.3, 0.4) is 0 Å². The molecule has 0 atom stereocenters. The zero-order valence-corrected chi connectivity index (χ0v) is 29.6. The van der Waals surface area contributed by atoms with Gasteiger partial charge in [-0.3, -0.25) is 9.59 Å². The molecule has 0 aliphatic rings. The van der Waals surface area contributed by atoms with Crippen LogP contribution in [0.1, 0.15) is 28.3 Å². The third kappa shape index (κ3) is 8.68. The second-order valence-corrected chi connectivity index (χ2v) is 11.9. The molecule has 0 amide bonds. The highest BCUT2D eigenvalue weighted by molar-refractivity contribution is 5.89. The van der Waals surface area contributed by atoms with E-state index in [4.69, 9.17) is 14.3 Å². The Hall–Kier alpha value is -6.96. The molecule has 4 aromatic heterocycles. The van der Waals surface area contributed by atoms with Crippen LogP contribution in [-0.2, 0) is 19.7 Å². The lowest BCUT2D eigenvalue weighted by Gasteiger charge is -2.15. The molecule has 3 aromatic carbocycles. The molecular formula is C39H38N8O6. The van der Waals surface area contributed by atoms with Gasteiger partial charge in [0.15, 0.2) is 11.3 Å². The van der Waals surface area contributed by atoms with Crippen LogP contribution in [0.4, 0.5) is 11.4 Å². The maximum absolute atomic E-state index is 12.8. The molecule has 0 aliphatic carbocycles. The molecule has 0 spiro atoms. The van der Waals surface area contributed by atoms with Crippen LogP contribution >= 0.6 is 0 Å². The van der Waals surface area contributed by atoms with Gasteiger partial charge in [-0.1, -0.05) is 54.6 Å². The summed E-state index contributed by atoms with van der Waals surface area (Å²) in [5.74, 6) is 2.62. The van der Waals surface area contributed by atoms with Crippen LogP contribution in [-0.4, -0.2) is 48.8 Å². The average Bonchev–Trinajstić information content (AvgIpc) is 3.18. The first-order chi connectivity index (χ1) is 25.7. The van der Waals surface area contributed by atoms with Gasteiger partial charge in [0.05, 0.1) is 36.4 Å². The Bertz CT molecular complexity index is 2450. The lowest BCUT2D eigenvalue weighted by molar-refractivity contribution is 0.0979. The van der Waals surface area contributed by atoms with Crippen molar-refractivity contribution >= 4 is 33.4 Å². The van der Waals surface area contributed by atoms with Crippen molar-refractivity contribution in [3.05, 3.63) is 152 Å². The van der Waals surface area contributed by atoms with Gasteiger partial charge >= 0.3 is 0 Å². The Morgan fingerprint density at radius 2 is 1.13 bits per heavy atom. The topological polar surface area (TPSA) is 168 Å². The van der Waals surface area contributed by atoms with E-state index in [9.17, 15) is 14.8 Å². The third-order valence-corrected chi connectivity index (χ3v) is 8.18. The number of hydrogen-bond donors (Lipinski definition) is 3. The molecule has 7 aromatic rings. The Morgan fingerprint density at radius 1 is 0.642 bits per heavy atom. The van der Waals surface area contributed by atoms with Crippen molar-refractivity contribution in [3.8, 4) is 11.5 Å². The van der Waals surface area contributed by atoms with E-state index in [1.165, 1.54) is 16.9 Å². The van der Waals surface area contributed by atoms with Gasteiger partial charge in [0.2, 0.25) is 0 Å². The first-order valence-corrected chi connectivity index (χ1v) is 16.6. The van der Waals surface area contributed by atoms with E-state index < -0.39 is 5.56 Å². The lowest BCUT2D eigenvalue weighted by atomic mass is 10.2. The van der Waals surface area contributed by atoms with E-state index in [1.54, 1.807) is 40.5 Å². The Balaban J connectivity index is 0.000000188. The number of pyridine rings is 2. The minimum absolute atomic E-state index is 0.183. The van der Waals surface area contributed by atoms with E-state index in [1.807, 2.05) is 78.9 Å². The number of methoxy groups -OCH3 is 2. The molecule has 0 saturated carbocycles. The van der Waals surface area contributed by atoms with Crippen LogP contribution in [0.2, 0.25) is 0 Å². The lowest BCUT2D eigenvalue weighted by Crippen LogP contribution is -2.28. The van der Waals surface area contributed by atoms with Crippen molar-refractivity contribution < 1.29 is 19.5 Å². The predicted octanol–water partition coefficient (Wildman–Crippen LogP) is 5.31. The fourth-order valence-corrected chi connectivity index (χ4v) is 5.36. The summed E-state index contributed by atoms with van der Waals surface area (Å²) in [5, 5.41) is 17.6. The normalized spacial score (nSPS) is 10.7. The Labute approximate surface area is 304 Å². The maximum atomic E-state index is 12.8. The second-order valence-electron chi connectivity index (χ2n) is 11.9. The van der Waals surface area contributed by atoms with E-state index in [-0.39, 0.29) is 17.8 Å². The molecule has 53 heavy (non-hydrogen) atoms. The minimum Gasteiger partial charge on any atom is -0.497 e. The quantitative estimate of drug-likeness (QED) is 0.148. The third-order valence-electron chi connectivity index (χ3n) is 8.18. The number of hydrogen-bond acceptors (Lipinski definition) is 12. The molecular weight excluding hydrogens is 676 g/mol. The zero-order valence-electron chi connectivity index (χ0n) is 29.6. The smallest absolute Gasteiger partial charge is 0.287 e. The summed E-state index contributed by atoms with van der Waals surface area (Å²) in [7, 11) is 3.25. The molecule has 14 heteroatoms. The highest BCUT2D eigenvalue weighted by atomic mass is 16.7. The molecule has 270 valence electrons. The Kier molecular flexibility index (Phi) is 11.1. The highest BCUT2D eigenvalue weighted by Crippen LogP contribution is 2.22. The van der Waals surface area contributed by atoms with Crippen molar-refractivity contribution in [2.75, 3.05) is 24.9 Å². The summed E-state index contributed by atoms with van der Waals surface area (Å²) in [6.07, 6.45) is 3.29. The van der Waals surface area contributed by atoms with Gasteiger partial charge in [-0.05, 0) is 54.8 Å². The molecule has 0 unspecified atom stereocenters. The highest BCUT2D eigenvalue weighted by Gasteiger charge is 2.13. The molecule has 0 radical (unpaired) electrons. The standard InChI is InChI=1S/C23H22N4O3.C16H16N4O3/c1-16-24-14-20-21(25-13-17-8-10-19(29-2)11-9-17)12-22(28)27(23(20)26-16)30-15-18-6-4-3-5-7-18;1-10-17-9-13-14(7-15(21)20(22)16(13)19-10)18-8-11-3-5-12(23-2)6-4-11/h3-12,14,25H,13,15H2,1-2H3;3-7,9,18,22H,8H2,1-2H3. The predicted molar refractivity (Wildman–Crippen MR) is 202 cm³/mol. The van der Waals surface area contributed by atoms with Gasteiger partial charge in [-0.2, -0.15) is 0 Å². The van der Waals surface area contributed by atoms with Gasteiger partial charge in [-0.15, -0.1) is 9.46 Å². The summed E-state index contributed by atoms with van der Waals surface area (Å²) >= 11 is 0. The van der Waals surface area contributed by atoms with E-state index >= 15 is 0 Å². The first kappa shape index (κ1) is 35.9. The number of aromatic nitrogens is 6. The first-order valence-electron chi connectivity index (χ1n) is 16.6. The number of ether oxygens (including phenoxy) is 2. The van der Waals surface area contributed by atoms with Crippen molar-refractivity contribution in [2.24, 2.45) is 0 Å². The molecule has 14 nitrogen and oxygen atoms in total. The largest absolute Gasteiger partial charge is 0.497 e. The summed E-state index contributed by atoms with van der Waals surface area (Å²) in [5.41, 5.74) is 4.05. The zero-order chi connectivity index (χ0) is 37.3. The van der Waals surface area contributed by atoms with Crippen molar-refractivity contribution in [3.63, 3.8) is 0 Å². The van der Waals surface area contributed by atoms with Crippen LogP contribution in [0, 0.1) is 13.8 Å². The maximum Gasteiger partial charge on any atom is 0.287 e. The second kappa shape index (κ2) is 16.4. The van der Waals surface area contributed by atoms with E-state index in [0.717, 1.165) is 28.2 Å². The van der Waals surface area contributed by atoms with Gasteiger partial charge in [0.1, 0.15) is 29.8 Å². The number of benzene rings is 3. The minimum atomic E-state index is -0.548. The van der Waals surface area contributed by atoms with E-state index in [0.29, 0.717) is 57.3 Å². The number of nitrogens with zero attached hydrogens (tertiary/aromatic N) is 6. The van der Waals surface area contributed by atoms with Gasteiger partial charge < -0.3 is 30.2 Å². The number of nitrogens with one attached hydrogen (secondary N) is 2. The molecule has 4 heterocycles. The average molecular weight is 715 g/mol. The van der Waals surface area contributed by atoms with Crippen molar-refractivity contribution in [1.82, 2.24) is 29.4 Å². The van der Waals surface area contributed by atoms with E-state index in [2.05, 4.69) is 30.6 Å². The number of fused-ring (bicyclic) bond motifs is 2. The molecule has 0 bridgehead atoms. The molecule has 3 N–H and O–H groups in total. The number of rotatable bonds is 11. The number of anilines is 2. The molecule has 7 rings (SSSR count). The summed E-state index contributed by atoms with van der Waals surface area (Å²) < 4.78 is 12.1. The van der Waals surface area contributed by atoms with Gasteiger partial charge in [0.25, 0.3) is 11.1 Å². The van der Waals surface area contributed by atoms with Crippen LogP contribution < -0.4 is 36.1 Å². The van der Waals surface area contributed by atoms with Crippen LogP contribution in [0.25, 0.3) is 22.1 Å². The van der Waals surface area contributed by atoms with Crippen LogP contribution in [0.5, 0.6) is 11.5 Å². The fraction of sp³-hybridized carbons (Fsp3) is 0.179.